The second kappa shape index (κ2) is 9.89. The summed E-state index contributed by atoms with van der Waals surface area (Å²) < 4.78 is 38.9. The van der Waals surface area contributed by atoms with Gasteiger partial charge < -0.3 is 15.5 Å². The van der Waals surface area contributed by atoms with Gasteiger partial charge in [0.15, 0.2) is 5.82 Å². The van der Waals surface area contributed by atoms with Crippen LogP contribution < -0.4 is 15.5 Å². The van der Waals surface area contributed by atoms with Crippen molar-refractivity contribution in [2.45, 2.75) is 25.9 Å². The fraction of sp³-hybridized carbons (Fsp3) is 0.292. The third kappa shape index (κ3) is 5.77. The molecule has 2 heterocycles. The first-order valence-electron chi connectivity index (χ1n) is 10.8. The van der Waals surface area contributed by atoms with E-state index in [4.69, 9.17) is 11.6 Å². The van der Waals surface area contributed by atoms with Crippen LogP contribution in [0.1, 0.15) is 25.3 Å². The minimum Gasteiger partial charge on any atom is -0.355 e. The predicted octanol–water partition coefficient (Wildman–Crippen LogP) is 6.70. The van der Waals surface area contributed by atoms with E-state index < -0.39 is 17.8 Å². The highest BCUT2D eigenvalue weighted by molar-refractivity contribution is 6.33. The maximum absolute atomic E-state index is 13.0. The standard InChI is InChI=1S/C24H23ClF3N5O/c1-15-9-11-33(12-10-15)22-8-7-20(31-32-22)16-3-2-4-18(13-16)29-23(34)30-21-14-17(24(26,27)28)5-6-19(21)25/h2-8,13-15H,9-12H2,1H3,(H2,29,30,34). The van der Waals surface area contributed by atoms with Crippen LogP contribution >= 0.6 is 11.6 Å². The summed E-state index contributed by atoms with van der Waals surface area (Å²) >= 11 is 5.95. The number of rotatable bonds is 4. The van der Waals surface area contributed by atoms with E-state index in [0.29, 0.717) is 11.4 Å². The van der Waals surface area contributed by atoms with Crippen LogP contribution in [0.15, 0.2) is 54.6 Å². The van der Waals surface area contributed by atoms with Crippen LogP contribution in [0.2, 0.25) is 5.02 Å². The molecule has 6 nitrogen and oxygen atoms in total. The molecule has 1 aliphatic heterocycles. The zero-order valence-corrected chi connectivity index (χ0v) is 19.1. The van der Waals surface area contributed by atoms with Crippen LogP contribution in [0.25, 0.3) is 11.3 Å². The zero-order valence-electron chi connectivity index (χ0n) is 18.4. The minimum atomic E-state index is -4.55. The van der Waals surface area contributed by atoms with Gasteiger partial charge in [0.25, 0.3) is 0 Å². The van der Waals surface area contributed by atoms with Gasteiger partial charge in [0.2, 0.25) is 0 Å². The van der Waals surface area contributed by atoms with Crippen molar-refractivity contribution in [3.8, 4) is 11.3 Å². The summed E-state index contributed by atoms with van der Waals surface area (Å²) in [5, 5.41) is 13.7. The lowest BCUT2D eigenvalue weighted by atomic mass is 9.99. The molecule has 1 aromatic heterocycles. The summed E-state index contributed by atoms with van der Waals surface area (Å²) in [6, 6.07) is 12.8. The lowest BCUT2D eigenvalue weighted by Gasteiger charge is -2.30. The van der Waals surface area contributed by atoms with Crippen LogP contribution in [-0.2, 0) is 6.18 Å². The number of carbonyl (C=O) groups is 1. The van der Waals surface area contributed by atoms with Gasteiger partial charge in [-0.15, -0.1) is 10.2 Å². The molecular formula is C24H23ClF3N5O. The summed E-state index contributed by atoms with van der Waals surface area (Å²) in [7, 11) is 0. The minimum absolute atomic E-state index is 0.00423. The Labute approximate surface area is 200 Å². The Bertz CT molecular complexity index is 1160. The maximum Gasteiger partial charge on any atom is 0.416 e. The molecule has 1 aliphatic rings. The molecule has 2 N–H and O–H groups in total. The van der Waals surface area contributed by atoms with Crippen molar-refractivity contribution in [2.24, 2.45) is 5.92 Å². The monoisotopic (exact) mass is 489 g/mol. The van der Waals surface area contributed by atoms with E-state index in [2.05, 4.69) is 32.7 Å². The number of urea groups is 1. The summed E-state index contributed by atoms with van der Waals surface area (Å²) in [5.41, 5.74) is 0.767. The van der Waals surface area contributed by atoms with Crippen molar-refractivity contribution in [3.05, 3.63) is 65.2 Å². The number of benzene rings is 2. The molecule has 34 heavy (non-hydrogen) atoms. The highest BCUT2D eigenvalue weighted by atomic mass is 35.5. The average Bonchev–Trinajstić information content (AvgIpc) is 2.80. The number of alkyl halides is 3. The molecule has 1 saturated heterocycles. The van der Waals surface area contributed by atoms with Crippen molar-refractivity contribution in [1.29, 1.82) is 0 Å². The number of carbonyl (C=O) groups excluding carboxylic acids is 1. The van der Waals surface area contributed by atoms with Gasteiger partial charge in [-0.1, -0.05) is 30.7 Å². The summed E-state index contributed by atoms with van der Waals surface area (Å²) in [4.78, 5) is 14.6. The van der Waals surface area contributed by atoms with Gasteiger partial charge in [-0.2, -0.15) is 13.2 Å². The number of hydrogen-bond acceptors (Lipinski definition) is 4. The number of nitrogens with one attached hydrogen (secondary N) is 2. The normalized spacial score (nSPS) is 14.7. The molecule has 0 radical (unpaired) electrons. The van der Waals surface area contributed by atoms with Gasteiger partial charge in [-0.05, 0) is 61.2 Å². The van der Waals surface area contributed by atoms with E-state index in [9.17, 15) is 18.0 Å². The Hall–Kier alpha value is -3.33. The second-order valence-electron chi connectivity index (χ2n) is 8.30. The molecule has 1 fully saturated rings. The van der Waals surface area contributed by atoms with Crippen molar-refractivity contribution in [1.82, 2.24) is 10.2 Å². The van der Waals surface area contributed by atoms with Gasteiger partial charge in [0, 0.05) is 24.3 Å². The predicted molar refractivity (Wildman–Crippen MR) is 127 cm³/mol. The van der Waals surface area contributed by atoms with E-state index in [0.717, 1.165) is 61.4 Å². The summed E-state index contributed by atoms with van der Waals surface area (Å²) in [6.45, 7) is 4.17. The van der Waals surface area contributed by atoms with E-state index in [-0.39, 0.29) is 10.7 Å². The first kappa shape index (κ1) is 23.8. The van der Waals surface area contributed by atoms with Crippen molar-refractivity contribution in [3.63, 3.8) is 0 Å². The summed E-state index contributed by atoms with van der Waals surface area (Å²) in [6.07, 6.45) is -2.29. The quantitative estimate of drug-likeness (QED) is 0.428. The van der Waals surface area contributed by atoms with Crippen molar-refractivity contribution >= 4 is 34.8 Å². The first-order valence-corrected chi connectivity index (χ1v) is 11.2. The molecule has 178 valence electrons. The van der Waals surface area contributed by atoms with Crippen LogP contribution in [0, 0.1) is 5.92 Å². The Morgan fingerprint density at radius 1 is 1.03 bits per heavy atom. The lowest BCUT2D eigenvalue weighted by Crippen LogP contribution is -2.33. The van der Waals surface area contributed by atoms with E-state index >= 15 is 0 Å². The Morgan fingerprint density at radius 3 is 2.47 bits per heavy atom. The van der Waals surface area contributed by atoms with E-state index in [1.807, 2.05) is 18.2 Å². The van der Waals surface area contributed by atoms with Crippen LogP contribution in [0.5, 0.6) is 0 Å². The molecule has 0 aliphatic carbocycles. The van der Waals surface area contributed by atoms with Crippen LogP contribution in [0.4, 0.5) is 35.2 Å². The SMILES string of the molecule is CC1CCN(c2ccc(-c3cccc(NC(=O)Nc4cc(C(F)(F)F)ccc4Cl)c3)nn2)CC1. The number of piperidine rings is 1. The Kier molecular flexibility index (Phi) is 6.92. The number of halogens is 4. The highest BCUT2D eigenvalue weighted by Crippen LogP contribution is 2.34. The maximum atomic E-state index is 13.0. The topological polar surface area (TPSA) is 70.2 Å². The van der Waals surface area contributed by atoms with Crippen LogP contribution in [0.3, 0.4) is 0 Å². The number of anilines is 3. The number of amides is 2. The first-order chi connectivity index (χ1) is 16.2. The summed E-state index contributed by atoms with van der Waals surface area (Å²) in [5.74, 6) is 1.56. The molecular weight excluding hydrogens is 467 g/mol. The molecule has 10 heteroatoms. The van der Waals surface area contributed by atoms with E-state index in [1.165, 1.54) is 0 Å². The van der Waals surface area contributed by atoms with Crippen molar-refractivity contribution in [2.75, 3.05) is 28.6 Å². The third-order valence-electron chi connectivity index (χ3n) is 5.72. The van der Waals surface area contributed by atoms with Gasteiger partial charge in [-0.25, -0.2) is 4.79 Å². The fourth-order valence-corrected chi connectivity index (χ4v) is 3.89. The van der Waals surface area contributed by atoms with Gasteiger partial charge >= 0.3 is 12.2 Å². The molecule has 2 amide bonds. The molecule has 0 atom stereocenters. The molecule has 0 saturated carbocycles. The number of hydrogen-bond donors (Lipinski definition) is 2. The number of aromatic nitrogens is 2. The molecule has 0 unspecified atom stereocenters. The van der Waals surface area contributed by atoms with Gasteiger partial charge in [0.1, 0.15) is 0 Å². The zero-order chi connectivity index (χ0) is 24.3. The molecule has 2 aromatic carbocycles. The Morgan fingerprint density at radius 2 is 1.79 bits per heavy atom. The van der Waals surface area contributed by atoms with E-state index in [1.54, 1.807) is 18.2 Å². The van der Waals surface area contributed by atoms with Crippen LogP contribution in [-0.4, -0.2) is 29.3 Å². The smallest absolute Gasteiger partial charge is 0.355 e. The largest absolute Gasteiger partial charge is 0.416 e. The fourth-order valence-electron chi connectivity index (χ4n) is 3.72. The number of nitrogens with zero attached hydrogens (tertiary/aromatic N) is 3. The van der Waals surface area contributed by atoms with Crippen molar-refractivity contribution < 1.29 is 18.0 Å². The lowest BCUT2D eigenvalue weighted by molar-refractivity contribution is -0.137. The average molecular weight is 490 g/mol. The molecule has 0 spiro atoms. The molecule has 0 bridgehead atoms. The molecule has 3 aromatic rings. The van der Waals surface area contributed by atoms with Gasteiger partial charge in [0.05, 0.1) is 22.0 Å². The highest BCUT2D eigenvalue weighted by Gasteiger charge is 2.31. The van der Waals surface area contributed by atoms with Gasteiger partial charge in [-0.3, -0.25) is 0 Å². The second-order valence-corrected chi connectivity index (χ2v) is 8.71. The molecule has 4 rings (SSSR count). The third-order valence-corrected chi connectivity index (χ3v) is 6.05. The Balaban J connectivity index is 1.43.